The minimum Gasteiger partial charge on any atom is -0.320 e. The molecule has 0 spiro atoms. The third-order valence-electron chi connectivity index (χ3n) is 3.72. The third kappa shape index (κ3) is 3.83. The van der Waals surface area contributed by atoms with Gasteiger partial charge in [0, 0.05) is 11.9 Å². The van der Waals surface area contributed by atoms with Crippen molar-refractivity contribution in [3.8, 4) is 0 Å². The number of hydrogen-bond donors (Lipinski definition) is 2. The minimum atomic E-state index is -0.779. The number of aromatic nitrogens is 2. The molecule has 7 heteroatoms. The molecule has 1 aromatic heterocycles. The second-order valence-electron chi connectivity index (χ2n) is 5.76. The summed E-state index contributed by atoms with van der Waals surface area (Å²) < 4.78 is 27.4. The fourth-order valence-electron chi connectivity index (χ4n) is 2.41. The van der Waals surface area contributed by atoms with Crippen molar-refractivity contribution in [1.29, 1.82) is 0 Å². The third-order valence-corrected chi connectivity index (χ3v) is 3.72. The molecule has 0 saturated carbocycles. The van der Waals surface area contributed by atoms with Gasteiger partial charge in [0.2, 0.25) is 5.95 Å². The molecule has 1 heterocycles. The maximum absolute atomic E-state index is 13.7. The van der Waals surface area contributed by atoms with E-state index >= 15 is 0 Å². The molecule has 0 radical (unpaired) electrons. The van der Waals surface area contributed by atoms with Crippen LogP contribution in [0.1, 0.15) is 21.6 Å². The number of para-hydroxylation sites is 1. The summed E-state index contributed by atoms with van der Waals surface area (Å²) >= 11 is 0. The molecule has 3 rings (SSSR count). The van der Waals surface area contributed by atoms with Crippen molar-refractivity contribution in [1.82, 2.24) is 9.97 Å². The number of hydrogen-bond acceptors (Lipinski definition) is 4. The van der Waals surface area contributed by atoms with Crippen LogP contribution in [0.5, 0.6) is 0 Å². The van der Waals surface area contributed by atoms with Gasteiger partial charge in [-0.1, -0.05) is 23.8 Å². The number of amides is 1. The average Bonchev–Trinajstić information content (AvgIpc) is 2.61. The van der Waals surface area contributed by atoms with E-state index in [0.29, 0.717) is 5.69 Å². The highest BCUT2D eigenvalue weighted by molar-refractivity contribution is 6.03. The zero-order chi connectivity index (χ0) is 18.7. The predicted molar refractivity (Wildman–Crippen MR) is 95.5 cm³/mol. The van der Waals surface area contributed by atoms with Gasteiger partial charge in [0.25, 0.3) is 5.91 Å². The molecule has 0 aliphatic carbocycles. The largest absolute Gasteiger partial charge is 0.320 e. The first-order valence-electron chi connectivity index (χ1n) is 7.87. The summed E-state index contributed by atoms with van der Waals surface area (Å²) in [6.45, 7) is 3.85. The molecule has 0 saturated heterocycles. The highest BCUT2D eigenvalue weighted by Gasteiger charge is 2.13. The van der Waals surface area contributed by atoms with Gasteiger partial charge in [-0.05, 0) is 43.7 Å². The number of halogens is 2. The van der Waals surface area contributed by atoms with Crippen LogP contribution < -0.4 is 10.6 Å². The minimum absolute atomic E-state index is 0.0687. The van der Waals surface area contributed by atoms with Gasteiger partial charge in [0.05, 0.1) is 0 Å². The van der Waals surface area contributed by atoms with Gasteiger partial charge < -0.3 is 10.6 Å². The van der Waals surface area contributed by atoms with E-state index in [4.69, 9.17) is 0 Å². The van der Waals surface area contributed by atoms with Crippen LogP contribution in [-0.4, -0.2) is 15.9 Å². The summed E-state index contributed by atoms with van der Waals surface area (Å²) in [6, 6.07) is 10.5. The van der Waals surface area contributed by atoms with Crippen LogP contribution in [0.25, 0.3) is 0 Å². The molecule has 132 valence electrons. The summed E-state index contributed by atoms with van der Waals surface area (Å²) in [6.07, 6.45) is 1.34. The lowest BCUT2D eigenvalue weighted by molar-refractivity contribution is 0.102. The summed E-state index contributed by atoms with van der Waals surface area (Å²) in [7, 11) is 0. The van der Waals surface area contributed by atoms with E-state index in [-0.39, 0.29) is 17.3 Å². The second kappa shape index (κ2) is 7.26. The molecule has 0 bridgehead atoms. The quantitative estimate of drug-likeness (QED) is 0.730. The topological polar surface area (TPSA) is 66.9 Å². The number of rotatable bonds is 4. The van der Waals surface area contributed by atoms with Crippen LogP contribution in [0.4, 0.5) is 26.1 Å². The Balaban J connectivity index is 1.81. The van der Waals surface area contributed by atoms with E-state index < -0.39 is 17.5 Å². The van der Waals surface area contributed by atoms with Crippen LogP contribution in [-0.2, 0) is 0 Å². The Kier molecular flexibility index (Phi) is 4.88. The van der Waals surface area contributed by atoms with Crippen molar-refractivity contribution in [3.63, 3.8) is 0 Å². The Morgan fingerprint density at radius 1 is 1.04 bits per heavy atom. The molecule has 1 amide bonds. The Labute approximate surface area is 149 Å². The maximum atomic E-state index is 13.7. The SMILES string of the molecule is Cc1ccc(NC(=O)c2ccnc(Nc3c(F)cccc3F)n2)c(C)c1. The average molecular weight is 354 g/mol. The molecule has 0 aliphatic heterocycles. The number of benzene rings is 2. The van der Waals surface area contributed by atoms with Gasteiger partial charge in [-0.2, -0.15) is 0 Å². The number of aryl methyl sites for hydroxylation is 2. The van der Waals surface area contributed by atoms with E-state index in [0.717, 1.165) is 23.3 Å². The first-order chi connectivity index (χ1) is 12.4. The highest BCUT2D eigenvalue weighted by Crippen LogP contribution is 2.21. The zero-order valence-electron chi connectivity index (χ0n) is 14.2. The number of carbonyl (C=O) groups excluding carboxylic acids is 1. The highest BCUT2D eigenvalue weighted by atomic mass is 19.1. The van der Waals surface area contributed by atoms with Crippen molar-refractivity contribution in [2.24, 2.45) is 0 Å². The number of nitrogens with zero attached hydrogens (tertiary/aromatic N) is 2. The van der Waals surface area contributed by atoms with Gasteiger partial charge in [-0.25, -0.2) is 18.7 Å². The molecule has 0 fully saturated rings. The fourth-order valence-corrected chi connectivity index (χ4v) is 2.41. The molecule has 0 aliphatic rings. The number of carbonyl (C=O) groups is 1. The lowest BCUT2D eigenvalue weighted by atomic mass is 10.1. The van der Waals surface area contributed by atoms with Gasteiger partial charge in [0.1, 0.15) is 23.0 Å². The van der Waals surface area contributed by atoms with Gasteiger partial charge in [-0.3, -0.25) is 4.79 Å². The summed E-state index contributed by atoms with van der Waals surface area (Å²) in [5.74, 6) is -2.09. The van der Waals surface area contributed by atoms with Crippen LogP contribution in [0.15, 0.2) is 48.7 Å². The monoisotopic (exact) mass is 354 g/mol. The summed E-state index contributed by atoms with van der Waals surface area (Å²) in [5.41, 5.74) is 2.35. The molecule has 0 unspecified atom stereocenters. The molecule has 26 heavy (non-hydrogen) atoms. The normalized spacial score (nSPS) is 10.5. The Morgan fingerprint density at radius 3 is 2.46 bits per heavy atom. The van der Waals surface area contributed by atoms with Gasteiger partial charge in [0.15, 0.2) is 0 Å². The Hall–Kier alpha value is -3.35. The standard InChI is InChI=1S/C19H16F2N4O/c1-11-6-7-15(12(2)10-11)23-18(26)16-8-9-22-19(24-16)25-17-13(20)4-3-5-14(17)21/h3-10H,1-2H3,(H,23,26)(H,22,24,25). The van der Waals surface area contributed by atoms with Crippen molar-refractivity contribution in [3.05, 3.63) is 77.1 Å². The molecule has 5 nitrogen and oxygen atoms in total. The van der Waals surface area contributed by atoms with E-state index in [9.17, 15) is 13.6 Å². The fraction of sp³-hybridized carbons (Fsp3) is 0.105. The smallest absolute Gasteiger partial charge is 0.274 e. The van der Waals surface area contributed by atoms with Gasteiger partial charge in [-0.15, -0.1) is 0 Å². The van der Waals surface area contributed by atoms with E-state index in [1.807, 2.05) is 26.0 Å². The van der Waals surface area contributed by atoms with E-state index in [2.05, 4.69) is 20.6 Å². The van der Waals surface area contributed by atoms with Crippen LogP contribution in [0.3, 0.4) is 0 Å². The van der Waals surface area contributed by atoms with E-state index in [1.165, 1.54) is 18.3 Å². The lowest BCUT2D eigenvalue weighted by Crippen LogP contribution is -2.15. The molecule has 0 atom stereocenters. The molecular weight excluding hydrogens is 338 g/mol. The van der Waals surface area contributed by atoms with Crippen LogP contribution >= 0.6 is 0 Å². The van der Waals surface area contributed by atoms with Crippen molar-refractivity contribution < 1.29 is 13.6 Å². The van der Waals surface area contributed by atoms with Crippen molar-refractivity contribution >= 4 is 23.2 Å². The zero-order valence-corrected chi connectivity index (χ0v) is 14.2. The van der Waals surface area contributed by atoms with Crippen LogP contribution in [0.2, 0.25) is 0 Å². The first kappa shape index (κ1) is 17.5. The Bertz CT molecular complexity index is 955. The number of nitrogens with one attached hydrogen (secondary N) is 2. The summed E-state index contributed by atoms with van der Waals surface area (Å²) in [4.78, 5) is 20.3. The summed E-state index contributed by atoms with van der Waals surface area (Å²) in [5, 5.41) is 5.23. The number of anilines is 3. The lowest BCUT2D eigenvalue weighted by Gasteiger charge is -2.10. The molecule has 2 aromatic carbocycles. The van der Waals surface area contributed by atoms with Gasteiger partial charge >= 0.3 is 0 Å². The second-order valence-corrected chi connectivity index (χ2v) is 5.76. The predicted octanol–water partition coefficient (Wildman–Crippen LogP) is 4.37. The first-order valence-corrected chi connectivity index (χ1v) is 7.87. The van der Waals surface area contributed by atoms with Crippen molar-refractivity contribution in [2.45, 2.75) is 13.8 Å². The molecular formula is C19H16F2N4O. The van der Waals surface area contributed by atoms with Crippen LogP contribution in [0, 0.1) is 25.5 Å². The van der Waals surface area contributed by atoms with Crippen molar-refractivity contribution in [2.75, 3.05) is 10.6 Å². The molecule has 3 aromatic rings. The maximum Gasteiger partial charge on any atom is 0.274 e. The Morgan fingerprint density at radius 2 is 1.77 bits per heavy atom. The molecule has 2 N–H and O–H groups in total. The van der Waals surface area contributed by atoms with E-state index in [1.54, 1.807) is 6.07 Å².